The van der Waals surface area contributed by atoms with Crippen LogP contribution >= 0.6 is 0 Å². The predicted octanol–water partition coefficient (Wildman–Crippen LogP) is 1.55. The Morgan fingerprint density at radius 2 is 1.93 bits per heavy atom. The van der Waals surface area contributed by atoms with E-state index in [2.05, 4.69) is 0 Å². The summed E-state index contributed by atoms with van der Waals surface area (Å²) < 4.78 is 50.3. The molecule has 0 aromatic heterocycles. The fraction of sp³-hybridized carbons (Fsp3) is 0.500. The molecule has 0 aromatic rings. The summed E-state index contributed by atoms with van der Waals surface area (Å²) in [6.45, 7) is 0.953. The van der Waals surface area contributed by atoms with Gasteiger partial charge in [-0.25, -0.2) is 4.39 Å². The third kappa shape index (κ3) is 3.07. The number of hydrogen-bond acceptors (Lipinski definition) is 2. The normalized spacial score (nSPS) is 27.1. The molecule has 1 aliphatic carbocycles. The highest BCUT2D eigenvalue weighted by atomic mass is 19.4. The topological polar surface area (TPSA) is 40.5 Å². The van der Waals surface area contributed by atoms with Crippen LogP contribution in [0.15, 0.2) is 23.2 Å². The van der Waals surface area contributed by atoms with Crippen LogP contribution in [0.4, 0.5) is 17.6 Å². The lowest BCUT2D eigenvalue weighted by molar-refractivity contribution is -0.0896. The Kier molecular flexibility index (Phi) is 2.98. The molecule has 0 bridgehead atoms. The molecule has 1 aliphatic rings. The van der Waals surface area contributed by atoms with Crippen molar-refractivity contribution in [2.24, 2.45) is 0 Å². The van der Waals surface area contributed by atoms with Crippen molar-refractivity contribution in [3.05, 3.63) is 23.2 Å². The molecule has 0 aliphatic heterocycles. The van der Waals surface area contributed by atoms with Gasteiger partial charge in [0.2, 0.25) is 0 Å². The summed E-state index contributed by atoms with van der Waals surface area (Å²) in [6, 6.07) is 0. The first-order valence-corrected chi connectivity index (χ1v) is 4.17. The lowest BCUT2D eigenvalue weighted by Gasteiger charge is -2.25. The van der Waals surface area contributed by atoms with Crippen LogP contribution in [0.3, 0.4) is 0 Å². The average molecular weight is 224 g/mol. The summed E-state index contributed by atoms with van der Waals surface area (Å²) in [7, 11) is -2.06. The van der Waals surface area contributed by atoms with Crippen molar-refractivity contribution in [1.29, 1.82) is 0 Å². The molecule has 0 spiro atoms. The Hall–Kier alpha value is -0.815. The highest BCUT2D eigenvalue weighted by Crippen LogP contribution is 2.37. The van der Waals surface area contributed by atoms with E-state index in [4.69, 9.17) is 10.0 Å². The van der Waals surface area contributed by atoms with Crippen LogP contribution in [0.1, 0.15) is 13.3 Å². The Morgan fingerprint density at radius 3 is 2.33 bits per heavy atom. The fourth-order valence-corrected chi connectivity index (χ4v) is 1.40. The first-order valence-electron chi connectivity index (χ1n) is 4.17. The van der Waals surface area contributed by atoms with Crippen molar-refractivity contribution in [3.63, 3.8) is 0 Å². The third-order valence-corrected chi connectivity index (χ3v) is 2.01. The Balaban J connectivity index is 3.10. The fourth-order valence-electron chi connectivity index (χ4n) is 1.40. The predicted molar refractivity (Wildman–Crippen MR) is 46.5 cm³/mol. The molecule has 2 nitrogen and oxygen atoms in total. The van der Waals surface area contributed by atoms with Crippen LogP contribution in [0.25, 0.3) is 0 Å². The van der Waals surface area contributed by atoms with Crippen LogP contribution in [0.5, 0.6) is 0 Å². The van der Waals surface area contributed by atoms with Crippen molar-refractivity contribution >= 4 is 7.12 Å². The zero-order chi connectivity index (χ0) is 11.9. The van der Waals surface area contributed by atoms with Gasteiger partial charge >= 0.3 is 13.3 Å². The molecule has 0 saturated carbocycles. The van der Waals surface area contributed by atoms with Crippen molar-refractivity contribution in [2.45, 2.75) is 25.2 Å². The van der Waals surface area contributed by atoms with Crippen molar-refractivity contribution < 1.29 is 27.6 Å². The van der Waals surface area contributed by atoms with Crippen LogP contribution in [0, 0.1) is 0 Å². The quantitative estimate of drug-likeness (QED) is 0.523. The maximum Gasteiger partial charge on any atom is 0.484 e. The molecule has 1 rings (SSSR count). The third-order valence-electron chi connectivity index (χ3n) is 2.01. The molecular weight excluding hydrogens is 215 g/mol. The Morgan fingerprint density at radius 1 is 1.40 bits per heavy atom. The Bertz CT molecular complexity index is 317. The SMILES string of the molecule is CC1(F)C=C(C(F)(F)F)C=C(B(O)O)C1. The first-order chi connectivity index (χ1) is 6.62. The van der Waals surface area contributed by atoms with Gasteiger partial charge in [0.15, 0.2) is 0 Å². The molecule has 1 atom stereocenters. The second-order valence-electron chi connectivity index (χ2n) is 3.65. The molecule has 1 unspecified atom stereocenters. The molecular formula is C8H9BF4O2. The van der Waals surface area contributed by atoms with E-state index in [9.17, 15) is 17.6 Å². The summed E-state index contributed by atoms with van der Waals surface area (Å²) in [5.41, 5.74) is -3.78. The van der Waals surface area contributed by atoms with Gasteiger partial charge in [-0.3, -0.25) is 0 Å². The van der Waals surface area contributed by atoms with Gasteiger partial charge < -0.3 is 10.0 Å². The summed E-state index contributed by atoms with van der Waals surface area (Å²) in [6.07, 6.45) is -4.14. The van der Waals surface area contributed by atoms with Gasteiger partial charge in [-0.2, -0.15) is 13.2 Å². The largest absolute Gasteiger partial charge is 0.484 e. The summed E-state index contributed by atoms with van der Waals surface area (Å²) >= 11 is 0. The highest BCUT2D eigenvalue weighted by Gasteiger charge is 2.40. The summed E-state index contributed by atoms with van der Waals surface area (Å²) in [5, 5.41) is 17.4. The average Bonchev–Trinajstić information content (AvgIpc) is 1.99. The maximum absolute atomic E-state index is 13.4. The lowest BCUT2D eigenvalue weighted by Crippen LogP contribution is -2.30. The van der Waals surface area contributed by atoms with Gasteiger partial charge in [0, 0.05) is 6.42 Å². The van der Waals surface area contributed by atoms with E-state index in [0.29, 0.717) is 12.2 Å². The second-order valence-corrected chi connectivity index (χ2v) is 3.65. The Labute approximate surface area is 84.1 Å². The standard InChI is InChI=1S/C8H9BF4O2/c1-7(10)3-5(8(11,12)13)2-6(4-7)9(14)15/h2-3,14-15H,4H2,1H3. The van der Waals surface area contributed by atoms with Crippen LogP contribution in [-0.4, -0.2) is 29.0 Å². The van der Waals surface area contributed by atoms with E-state index < -0.39 is 31.0 Å². The van der Waals surface area contributed by atoms with Gasteiger partial charge in [0.1, 0.15) is 5.67 Å². The molecule has 84 valence electrons. The smallest absolute Gasteiger partial charge is 0.423 e. The number of alkyl halides is 4. The van der Waals surface area contributed by atoms with Gasteiger partial charge in [-0.05, 0) is 18.5 Å². The van der Waals surface area contributed by atoms with Gasteiger partial charge in [-0.15, -0.1) is 0 Å². The maximum atomic E-state index is 13.4. The van der Waals surface area contributed by atoms with E-state index in [1.807, 2.05) is 0 Å². The molecule has 0 heterocycles. The van der Waals surface area contributed by atoms with Crippen molar-refractivity contribution in [3.8, 4) is 0 Å². The number of allylic oxidation sites excluding steroid dienone is 4. The first kappa shape index (κ1) is 12.3. The van der Waals surface area contributed by atoms with Gasteiger partial charge in [0.05, 0.1) is 5.57 Å². The minimum absolute atomic E-state index is 0.380. The van der Waals surface area contributed by atoms with Crippen molar-refractivity contribution in [1.82, 2.24) is 0 Å². The molecule has 2 N–H and O–H groups in total. The van der Waals surface area contributed by atoms with Crippen LogP contribution < -0.4 is 0 Å². The highest BCUT2D eigenvalue weighted by molar-refractivity contribution is 6.50. The number of halogens is 4. The zero-order valence-corrected chi connectivity index (χ0v) is 7.85. The van der Waals surface area contributed by atoms with E-state index >= 15 is 0 Å². The molecule has 15 heavy (non-hydrogen) atoms. The molecule has 0 aromatic carbocycles. The number of rotatable bonds is 1. The summed E-state index contributed by atoms with van der Waals surface area (Å²) in [5.74, 6) is 0. The van der Waals surface area contributed by atoms with Gasteiger partial charge in [-0.1, -0.05) is 6.08 Å². The molecule has 0 radical (unpaired) electrons. The lowest BCUT2D eigenvalue weighted by atomic mass is 9.70. The van der Waals surface area contributed by atoms with E-state index in [1.54, 1.807) is 0 Å². The van der Waals surface area contributed by atoms with E-state index in [1.165, 1.54) is 0 Å². The monoisotopic (exact) mass is 224 g/mol. The molecule has 0 amide bonds. The second kappa shape index (κ2) is 3.64. The van der Waals surface area contributed by atoms with E-state index in [-0.39, 0.29) is 5.47 Å². The van der Waals surface area contributed by atoms with Crippen LogP contribution in [-0.2, 0) is 0 Å². The molecule has 0 fully saturated rings. The minimum atomic E-state index is -4.69. The minimum Gasteiger partial charge on any atom is -0.423 e. The van der Waals surface area contributed by atoms with Gasteiger partial charge in [0.25, 0.3) is 0 Å². The van der Waals surface area contributed by atoms with Crippen molar-refractivity contribution in [2.75, 3.05) is 0 Å². The zero-order valence-electron chi connectivity index (χ0n) is 7.85. The van der Waals surface area contributed by atoms with Crippen LogP contribution in [0.2, 0.25) is 0 Å². The summed E-state index contributed by atoms with van der Waals surface area (Å²) in [4.78, 5) is 0. The van der Waals surface area contributed by atoms with E-state index in [0.717, 1.165) is 6.92 Å². The number of hydrogen-bond donors (Lipinski definition) is 2. The molecule has 0 saturated heterocycles. The molecule has 7 heteroatoms.